The standard InChI is InChI=1S/C15H10ClF5N2O/c16-6-8-10(17)5-9-12(11(8)18)22-13(24)23-14(9,15(19,20)21)4-3-7-1-2-7/h5,7H,1-2,6H2,(H2,22,23,24)/t14-/m0/s1. The third-order valence-electron chi connectivity index (χ3n) is 3.86. The Balaban J connectivity index is 2.30. The Morgan fingerprint density at radius 2 is 2.00 bits per heavy atom. The molecule has 128 valence electrons. The van der Waals surface area contributed by atoms with Crippen molar-refractivity contribution in [3.8, 4) is 11.8 Å². The van der Waals surface area contributed by atoms with Crippen LogP contribution < -0.4 is 10.6 Å². The average Bonchev–Trinajstić information content (AvgIpc) is 3.29. The molecule has 24 heavy (non-hydrogen) atoms. The van der Waals surface area contributed by atoms with Gasteiger partial charge in [-0.05, 0) is 18.9 Å². The first-order chi connectivity index (χ1) is 11.2. The molecule has 0 unspecified atom stereocenters. The Labute approximate surface area is 138 Å². The van der Waals surface area contributed by atoms with Crippen LogP contribution in [-0.2, 0) is 11.4 Å². The van der Waals surface area contributed by atoms with Gasteiger partial charge in [-0.1, -0.05) is 11.8 Å². The van der Waals surface area contributed by atoms with E-state index in [1.54, 1.807) is 5.32 Å². The first-order valence-corrected chi connectivity index (χ1v) is 7.49. The summed E-state index contributed by atoms with van der Waals surface area (Å²) in [5.74, 6) is 1.04. The molecule has 2 aliphatic rings. The molecule has 0 radical (unpaired) electrons. The Bertz CT molecular complexity index is 779. The second kappa shape index (κ2) is 5.52. The highest BCUT2D eigenvalue weighted by molar-refractivity contribution is 6.17. The van der Waals surface area contributed by atoms with Crippen LogP contribution in [0.5, 0.6) is 0 Å². The molecule has 2 amide bonds. The molecule has 2 N–H and O–H groups in total. The fourth-order valence-corrected chi connectivity index (χ4v) is 2.66. The van der Waals surface area contributed by atoms with E-state index in [0.29, 0.717) is 18.9 Å². The number of alkyl halides is 4. The van der Waals surface area contributed by atoms with Crippen LogP contribution >= 0.6 is 11.6 Å². The summed E-state index contributed by atoms with van der Waals surface area (Å²) >= 11 is 5.43. The Morgan fingerprint density at radius 3 is 2.54 bits per heavy atom. The lowest BCUT2D eigenvalue weighted by atomic mass is 9.85. The van der Waals surface area contributed by atoms with E-state index in [2.05, 4.69) is 5.92 Å². The zero-order valence-electron chi connectivity index (χ0n) is 12.0. The van der Waals surface area contributed by atoms with Crippen molar-refractivity contribution in [2.75, 3.05) is 5.32 Å². The van der Waals surface area contributed by atoms with Gasteiger partial charge in [-0.2, -0.15) is 13.2 Å². The summed E-state index contributed by atoms with van der Waals surface area (Å²) in [6.07, 6.45) is -3.79. The van der Waals surface area contributed by atoms with Crippen LogP contribution in [0.2, 0.25) is 0 Å². The number of hydrogen-bond donors (Lipinski definition) is 2. The maximum Gasteiger partial charge on any atom is 0.427 e. The molecular formula is C15H10ClF5N2O. The van der Waals surface area contributed by atoms with Crippen molar-refractivity contribution in [2.24, 2.45) is 5.92 Å². The lowest BCUT2D eigenvalue weighted by Crippen LogP contribution is -2.59. The fourth-order valence-electron chi connectivity index (χ4n) is 2.41. The minimum atomic E-state index is -5.08. The van der Waals surface area contributed by atoms with E-state index in [1.807, 2.05) is 11.2 Å². The van der Waals surface area contributed by atoms with E-state index in [9.17, 15) is 26.7 Å². The Kier molecular flexibility index (Phi) is 3.87. The maximum absolute atomic E-state index is 14.3. The van der Waals surface area contributed by atoms with Gasteiger partial charge in [0, 0.05) is 17.0 Å². The number of fused-ring (bicyclic) bond motifs is 1. The lowest BCUT2D eigenvalue weighted by Gasteiger charge is -2.37. The molecule has 0 saturated heterocycles. The Hall–Kier alpha value is -2.01. The van der Waals surface area contributed by atoms with Gasteiger partial charge in [0.15, 0.2) is 5.82 Å². The summed E-state index contributed by atoms with van der Waals surface area (Å²) in [6.45, 7) is 0. The quantitative estimate of drug-likeness (QED) is 0.441. The van der Waals surface area contributed by atoms with Gasteiger partial charge in [0.25, 0.3) is 0 Å². The number of carbonyl (C=O) groups is 1. The second-order valence-corrected chi connectivity index (χ2v) is 5.84. The SMILES string of the molecule is O=C1Nc2c(cc(F)c(CCl)c2F)[C@@](C#CC2CC2)(C(F)(F)F)N1. The third-order valence-corrected chi connectivity index (χ3v) is 4.12. The monoisotopic (exact) mass is 364 g/mol. The highest BCUT2D eigenvalue weighted by Crippen LogP contribution is 2.46. The zero-order valence-corrected chi connectivity index (χ0v) is 12.7. The van der Waals surface area contributed by atoms with E-state index >= 15 is 0 Å². The third kappa shape index (κ3) is 2.57. The number of benzene rings is 1. The summed E-state index contributed by atoms with van der Waals surface area (Å²) in [6, 6.07) is -0.770. The molecule has 0 aromatic heterocycles. The number of urea groups is 1. The summed E-state index contributed by atoms with van der Waals surface area (Å²) in [7, 11) is 0. The molecule has 1 saturated carbocycles. The molecule has 1 aliphatic carbocycles. The number of anilines is 1. The van der Waals surface area contributed by atoms with Crippen LogP contribution in [0.25, 0.3) is 0 Å². The van der Waals surface area contributed by atoms with Gasteiger partial charge >= 0.3 is 12.2 Å². The van der Waals surface area contributed by atoms with Crippen molar-refractivity contribution in [3.63, 3.8) is 0 Å². The van der Waals surface area contributed by atoms with Gasteiger partial charge in [0.05, 0.1) is 11.6 Å². The maximum atomic E-state index is 14.3. The van der Waals surface area contributed by atoms with Crippen LogP contribution in [0.15, 0.2) is 6.07 Å². The number of nitrogens with one attached hydrogen (secondary N) is 2. The minimum Gasteiger partial charge on any atom is -0.310 e. The van der Waals surface area contributed by atoms with Crippen LogP contribution in [0.1, 0.15) is 24.0 Å². The van der Waals surface area contributed by atoms with Crippen molar-refractivity contribution in [3.05, 3.63) is 28.8 Å². The summed E-state index contributed by atoms with van der Waals surface area (Å²) in [4.78, 5) is 11.7. The minimum absolute atomic E-state index is 0.212. The molecule has 1 aliphatic heterocycles. The van der Waals surface area contributed by atoms with Crippen molar-refractivity contribution in [2.45, 2.75) is 30.4 Å². The van der Waals surface area contributed by atoms with Gasteiger partial charge in [-0.15, -0.1) is 11.6 Å². The van der Waals surface area contributed by atoms with Gasteiger partial charge in [0.2, 0.25) is 5.54 Å². The molecule has 3 rings (SSSR count). The van der Waals surface area contributed by atoms with E-state index in [4.69, 9.17) is 11.6 Å². The van der Waals surface area contributed by atoms with E-state index in [1.165, 1.54) is 0 Å². The Morgan fingerprint density at radius 1 is 1.33 bits per heavy atom. The van der Waals surface area contributed by atoms with Crippen LogP contribution in [0.3, 0.4) is 0 Å². The highest BCUT2D eigenvalue weighted by atomic mass is 35.5. The lowest BCUT2D eigenvalue weighted by molar-refractivity contribution is -0.178. The van der Waals surface area contributed by atoms with Gasteiger partial charge in [-0.25, -0.2) is 13.6 Å². The number of rotatable bonds is 1. The van der Waals surface area contributed by atoms with Crippen LogP contribution in [0, 0.1) is 29.4 Å². The summed E-state index contributed by atoms with van der Waals surface area (Å²) < 4.78 is 69.6. The first kappa shape index (κ1) is 16.8. The fraction of sp³-hybridized carbons (Fsp3) is 0.400. The first-order valence-electron chi connectivity index (χ1n) is 6.95. The molecule has 3 nitrogen and oxygen atoms in total. The average molecular weight is 365 g/mol. The second-order valence-electron chi connectivity index (χ2n) is 5.58. The molecular weight excluding hydrogens is 355 g/mol. The van der Waals surface area contributed by atoms with Crippen LogP contribution in [-0.4, -0.2) is 12.2 Å². The van der Waals surface area contributed by atoms with Gasteiger partial charge in [-0.3, -0.25) is 0 Å². The van der Waals surface area contributed by atoms with E-state index in [0.717, 1.165) is 0 Å². The zero-order chi connectivity index (χ0) is 17.7. The predicted molar refractivity (Wildman–Crippen MR) is 76.3 cm³/mol. The van der Waals surface area contributed by atoms with Gasteiger partial charge < -0.3 is 10.6 Å². The number of hydrogen-bond acceptors (Lipinski definition) is 1. The predicted octanol–water partition coefficient (Wildman–Crippen LogP) is 4.01. The summed E-state index contributed by atoms with van der Waals surface area (Å²) in [5.41, 5.74) is -5.39. The van der Waals surface area contributed by atoms with Crippen molar-refractivity contribution in [1.82, 2.24) is 5.32 Å². The largest absolute Gasteiger partial charge is 0.427 e. The molecule has 1 aromatic carbocycles. The molecule has 1 aromatic rings. The number of halogens is 6. The van der Waals surface area contributed by atoms with Crippen LogP contribution in [0.4, 0.5) is 32.4 Å². The van der Waals surface area contributed by atoms with Crippen molar-refractivity contribution >= 4 is 23.3 Å². The van der Waals surface area contributed by atoms with Crippen molar-refractivity contribution in [1.29, 1.82) is 0 Å². The topological polar surface area (TPSA) is 41.1 Å². The molecule has 9 heteroatoms. The van der Waals surface area contributed by atoms with E-state index in [-0.39, 0.29) is 5.92 Å². The molecule has 0 bridgehead atoms. The van der Waals surface area contributed by atoms with E-state index < -0.39 is 52.1 Å². The number of carbonyl (C=O) groups excluding carboxylic acids is 1. The molecule has 1 atom stereocenters. The molecule has 1 heterocycles. The highest BCUT2D eigenvalue weighted by Gasteiger charge is 2.60. The summed E-state index contributed by atoms with van der Waals surface area (Å²) in [5, 5.41) is 3.63. The molecule has 1 fully saturated rings. The smallest absolute Gasteiger partial charge is 0.310 e. The van der Waals surface area contributed by atoms with Gasteiger partial charge in [0.1, 0.15) is 5.82 Å². The number of amides is 2. The normalized spacial score (nSPS) is 22.8. The molecule has 0 spiro atoms. The van der Waals surface area contributed by atoms with Crippen molar-refractivity contribution < 1.29 is 26.7 Å².